The number of nitrogens with two attached hydrogens (primary N) is 1. The molecule has 0 radical (unpaired) electrons. The summed E-state index contributed by atoms with van der Waals surface area (Å²) >= 11 is 0. The zero-order valence-electron chi connectivity index (χ0n) is 16.4. The van der Waals surface area contributed by atoms with Crippen molar-refractivity contribution in [3.63, 3.8) is 0 Å². The van der Waals surface area contributed by atoms with Crippen LogP contribution >= 0.6 is 0 Å². The SMILES string of the molecule is CC1=C(N)C(COc2ccc(-c3ccn[nH]3)cc2)C2CC(C)(C)OC2=C1C. The number of nitrogens with one attached hydrogen (secondary N) is 1. The fraction of sp³-hybridized carbons (Fsp3) is 0.409. The van der Waals surface area contributed by atoms with Crippen LogP contribution < -0.4 is 10.5 Å². The normalized spacial score (nSPS) is 24.0. The van der Waals surface area contributed by atoms with Crippen molar-refractivity contribution >= 4 is 0 Å². The number of benzene rings is 1. The third-order valence-corrected chi connectivity index (χ3v) is 5.78. The summed E-state index contributed by atoms with van der Waals surface area (Å²) in [7, 11) is 0. The number of nitrogens with zero attached hydrogens (tertiary/aromatic N) is 1. The molecule has 0 amide bonds. The molecule has 2 atom stereocenters. The third kappa shape index (κ3) is 3.22. The molecule has 1 aliphatic heterocycles. The summed E-state index contributed by atoms with van der Waals surface area (Å²) in [6.45, 7) is 9.02. The van der Waals surface area contributed by atoms with Crippen molar-refractivity contribution in [2.24, 2.45) is 17.6 Å². The lowest BCUT2D eigenvalue weighted by Crippen LogP contribution is -2.32. The predicted octanol–water partition coefficient (Wildman–Crippen LogP) is 4.41. The molecule has 0 spiro atoms. The van der Waals surface area contributed by atoms with Gasteiger partial charge in [-0.15, -0.1) is 0 Å². The number of hydrogen-bond donors (Lipinski definition) is 2. The molecule has 1 aliphatic carbocycles. The van der Waals surface area contributed by atoms with Crippen molar-refractivity contribution in [3.05, 3.63) is 59.1 Å². The monoisotopic (exact) mass is 365 g/mol. The van der Waals surface area contributed by atoms with E-state index in [0.29, 0.717) is 6.61 Å². The van der Waals surface area contributed by atoms with Gasteiger partial charge in [0.2, 0.25) is 0 Å². The van der Waals surface area contributed by atoms with Gasteiger partial charge in [0, 0.05) is 23.7 Å². The lowest BCUT2D eigenvalue weighted by molar-refractivity contribution is 0.0749. The van der Waals surface area contributed by atoms with Crippen LogP contribution in [0.3, 0.4) is 0 Å². The summed E-state index contributed by atoms with van der Waals surface area (Å²) in [5.74, 6) is 2.36. The summed E-state index contributed by atoms with van der Waals surface area (Å²) in [5, 5.41) is 6.96. The lowest BCUT2D eigenvalue weighted by Gasteiger charge is -2.30. The van der Waals surface area contributed by atoms with Crippen LogP contribution in [0.2, 0.25) is 0 Å². The standard InChI is InChI=1S/C22H27N3O2/c1-13-14(2)21-17(11-22(3,4)27-21)18(20(13)23)12-26-16-7-5-15(6-8-16)19-9-10-24-25-19/h5-10,17-18H,11-12,23H2,1-4H3,(H,24,25). The number of rotatable bonds is 4. The Morgan fingerprint density at radius 2 is 1.93 bits per heavy atom. The van der Waals surface area contributed by atoms with Gasteiger partial charge in [0.1, 0.15) is 17.1 Å². The average molecular weight is 365 g/mol. The van der Waals surface area contributed by atoms with Gasteiger partial charge in [-0.1, -0.05) is 0 Å². The molecule has 4 rings (SSSR count). The zero-order chi connectivity index (χ0) is 19.2. The number of hydrogen-bond acceptors (Lipinski definition) is 4. The highest BCUT2D eigenvalue weighted by Gasteiger charge is 2.45. The third-order valence-electron chi connectivity index (χ3n) is 5.78. The molecule has 3 N–H and O–H groups in total. The Morgan fingerprint density at radius 1 is 1.19 bits per heavy atom. The van der Waals surface area contributed by atoms with E-state index in [4.69, 9.17) is 15.2 Å². The average Bonchev–Trinajstić information content (AvgIpc) is 3.28. The first-order valence-electron chi connectivity index (χ1n) is 9.45. The van der Waals surface area contributed by atoms with Crippen LogP contribution in [0.15, 0.2) is 59.1 Å². The molecule has 1 saturated heterocycles. The fourth-order valence-electron chi connectivity index (χ4n) is 4.15. The number of aromatic amines is 1. The van der Waals surface area contributed by atoms with Crippen LogP contribution in [0.4, 0.5) is 0 Å². The smallest absolute Gasteiger partial charge is 0.119 e. The number of fused-ring (bicyclic) bond motifs is 1. The van der Waals surface area contributed by atoms with Crippen molar-refractivity contribution in [2.75, 3.05) is 6.61 Å². The molecule has 1 aromatic carbocycles. The largest absolute Gasteiger partial charge is 0.493 e. The van der Waals surface area contributed by atoms with Crippen molar-refractivity contribution in [3.8, 4) is 17.0 Å². The maximum Gasteiger partial charge on any atom is 0.119 e. The van der Waals surface area contributed by atoms with E-state index in [1.165, 1.54) is 5.57 Å². The number of aromatic nitrogens is 2. The molecule has 142 valence electrons. The van der Waals surface area contributed by atoms with Gasteiger partial charge < -0.3 is 15.2 Å². The molecule has 0 bridgehead atoms. The molecule has 2 unspecified atom stereocenters. The first-order valence-corrected chi connectivity index (χ1v) is 9.45. The van der Waals surface area contributed by atoms with E-state index in [2.05, 4.69) is 37.9 Å². The molecule has 1 fully saturated rings. The second-order valence-electron chi connectivity index (χ2n) is 8.15. The van der Waals surface area contributed by atoms with Crippen LogP contribution in [0.25, 0.3) is 11.3 Å². The molecule has 5 heteroatoms. The van der Waals surface area contributed by atoms with E-state index in [9.17, 15) is 0 Å². The Balaban J connectivity index is 1.50. The molecule has 2 aliphatic rings. The number of allylic oxidation sites excluding steroid dienone is 3. The van der Waals surface area contributed by atoms with Crippen molar-refractivity contribution in [2.45, 2.75) is 39.7 Å². The van der Waals surface area contributed by atoms with E-state index in [1.807, 2.05) is 30.3 Å². The topological polar surface area (TPSA) is 73.2 Å². The lowest BCUT2D eigenvalue weighted by atomic mass is 9.77. The Hall–Kier alpha value is -2.69. The van der Waals surface area contributed by atoms with Gasteiger partial charge in [0.05, 0.1) is 12.3 Å². The van der Waals surface area contributed by atoms with Crippen LogP contribution in [0.1, 0.15) is 34.1 Å². The fourth-order valence-corrected chi connectivity index (χ4v) is 4.15. The highest BCUT2D eigenvalue weighted by Crippen LogP contribution is 2.48. The molecule has 5 nitrogen and oxygen atoms in total. The molecule has 2 heterocycles. The van der Waals surface area contributed by atoms with E-state index in [0.717, 1.165) is 40.5 Å². The van der Waals surface area contributed by atoms with E-state index in [1.54, 1.807) is 6.20 Å². The molecular weight excluding hydrogens is 338 g/mol. The van der Waals surface area contributed by atoms with Gasteiger partial charge >= 0.3 is 0 Å². The summed E-state index contributed by atoms with van der Waals surface area (Å²) in [5.41, 5.74) is 11.7. The molecular formula is C22H27N3O2. The van der Waals surface area contributed by atoms with Crippen LogP contribution in [0.5, 0.6) is 5.75 Å². The predicted molar refractivity (Wildman–Crippen MR) is 106 cm³/mol. The second kappa shape index (κ2) is 6.48. The van der Waals surface area contributed by atoms with Crippen molar-refractivity contribution in [1.29, 1.82) is 0 Å². The summed E-state index contributed by atoms with van der Waals surface area (Å²) in [4.78, 5) is 0. The first-order chi connectivity index (χ1) is 12.9. The highest BCUT2D eigenvalue weighted by molar-refractivity contribution is 5.59. The van der Waals surface area contributed by atoms with E-state index >= 15 is 0 Å². The van der Waals surface area contributed by atoms with Gasteiger partial charge in [-0.25, -0.2) is 0 Å². The first kappa shape index (κ1) is 17.7. The molecule has 1 aromatic heterocycles. The number of ether oxygens (including phenoxy) is 2. The quantitative estimate of drug-likeness (QED) is 0.842. The highest BCUT2D eigenvalue weighted by atomic mass is 16.5. The Kier molecular flexibility index (Phi) is 4.25. The van der Waals surface area contributed by atoms with Crippen molar-refractivity contribution in [1.82, 2.24) is 10.2 Å². The minimum absolute atomic E-state index is 0.137. The summed E-state index contributed by atoms with van der Waals surface area (Å²) < 4.78 is 12.4. The van der Waals surface area contributed by atoms with Crippen LogP contribution in [0, 0.1) is 11.8 Å². The summed E-state index contributed by atoms with van der Waals surface area (Å²) in [6.07, 6.45) is 2.71. The summed E-state index contributed by atoms with van der Waals surface area (Å²) in [6, 6.07) is 9.99. The Morgan fingerprint density at radius 3 is 2.59 bits per heavy atom. The molecule has 27 heavy (non-hydrogen) atoms. The Bertz CT molecular complexity index is 892. The number of H-pyrrole nitrogens is 1. The van der Waals surface area contributed by atoms with Crippen LogP contribution in [-0.4, -0.2) is 22.4 Å². The van der Waals surface area contributed by atoms with Gasteiger partial charge in [-0.3, -0.25) is 5.10 Å². The second-order valence-corrected chi connectivity index (χ2v) is 8.15. The maximum absolute atomic E-state index is 6.51. The van der Waals surface area contributed by atoms with Gasteiger partial charge in [0.25, 0.3) is 0 Å². The Labute approximate surface area is 160 Å². The van der Waals surface area contributed by atoms with Crippen LogP contribution in [-0.2, 0) is 4.74 Å². The van der Waals surface area contributed by atoms with Crippen molar-refractivity contribution < 1.29 is 9.47 Å². The minimum Gasteiger partial charge on any atom is -0.493 e. The van der Waals surface area contributed by atoms with Gasteiger partial charge in [-0.2, -0.15) is 5.10 Å². The molecule has 0 saturated carbocycles. The van der Waals surface area contributed by atoms with Gasteiger partial charge in [-0.05, 0) is 81.2 Å². The maximum atomic E-state index is 6.51. The zero-order valence-corrected chi connectivity index (χ0v) is 16.4. The van der Waals surface area contributed by atoms with E-state index < -0.39 is 0 Å². The van der Waals surface area contributed by atoms with Gasteiger partial charge in [0.15, 0.2) is 0 Å². The minimum atomic E-state index is -0.157. The van der Waals surface area contributed by atoms with E-state index in [-0.39, 0.29) is 17.4 Å². The molecule has 2 aromatic rings.